The molecule has 3 aromatic rings. The Morgan fingerprint density at radius 1 is 0.974 bits per heavy atom. The van der Waals surface area contributed by atoms with Gasteiger partial charge >= 0.3 is 0 Å². The average Bonchev–Trinajstić information content (AvgIpc) is 2.94. The van der Waals surface area contributed by atoms with Gasteiger partial charge in [0.2, 0.25) is 11.8 Å². The fourth-order valence-electron chi connectivity index (χ4n) is 3.88. The summed E-state index contributed by atoms with van der Waals surface area (Å²) in [5.74, 6) is -0.334. The topological polar surface area (TPSA) is 96.0 Å². The minimum absolute atomic E-state index is 0.0394. The highest BCUT2D eigenvalue weighted by Crippen LogP contribution is 2.26. The lowest BCUT2D eigenvalue weighted by Gasteiger charge is -2.32. The number of methoxy groups -OCH3 is 1. The Hall–Kier alpha value is -3.56. The predicted molar refractivity (Wildman–Crippen MR) is 153 cm³/mol. The van der Waals surface area contributed by atoms with Gasteiger partial charge in [-0.2, -0.15) is 0 Å². The van der Waals surface area contributed by atoms with E-state index in [1.807, 2.05) is 13.8 Å². The quantitative estimate of drug-likeness (QED) is 0.334. The number of rotatable bonds is 12. The van der Waals surface area contributed by atoms with Gasteiger partial charge < -0.3 is 15.0 Å². The third kappa shape index (κ3) is 7.74. The van der Waals surface area contributed by atoms with Crippen molar-refractivity contribution in [1.29, 1.82) is 0 Å². The summed E-state index contributed by atoms with van der Waals surface area (Å²) >= 11 is 6.17. The first-order chi connectivity index (χ1) is 18.6. The largest absolute Gasteiger partial charge is 0.497 e. The van der Waals surface area contributed by atoms with E-state index in [9.17, 15) is 18.0 Å². The van der Waals surface area contributed by atoms with Gasteiger partial charge in [-0.05, 0) is 74.4 Å². The molecule has 3 rings (SSSR count). The minimum atomic E-state index is -4.13. The van der Waals surface area contributed by atoms with E-state index in [1.54, 1.807) is 73.7 Å². The molecule has 0 saturated carbocycles. The summed E-state index contributed by atoms with van der Waals surface area (Å²) in [6.45, 7) is 5.00. The van der Waals surface area contributed by atoms with Crippen molar-refractivity contribution >= 4 is 39.1 Å². The summed E-state index contributed by atoms with van der Waals surface area (Å²) in [7, 11) is -2.62. The standard InChI is InChI=1S/C29H34ClN3O5S/c1-5-21(2)31-29(35)22(3)32(19-23-10-9-11-24(30)18-23)28(34)20-33(25-14-16-26(38-4)17-15-25)39(36,37)27-12-7-6-8-13-27/h6-18,21-22H,5,19-20H2,1-4H3,(H,31,35)/t21-,22+/m0/s1. The Kier molecular flexibility index (Phi) is 10.4. The summed E-state index contributed by atoms with van der Waals surface area (Å²) in [5, 5.41) is 3.40. The maximum Gasteiger partial charge on any atom is 0.264 e. The molecule has 1 N–H and O–H groups in total. The van der Waals surface area contributed by atoms with E-state index in [0.29, 0.717) is 16.3 Å². The number of amides is 2. The van der Waals surface area contributed by atoms with Crippen molar-refractivity contribution in [1.82, 2.24) is 10.2 Å². The Labute approximate surface area is 235 Å². The van der Waals surface area contributed by atoms with Gasteiger partial charge in [-0.1, -0.05) is 48.9 Å². The second-order valence-corrected chi connectivity index (χ2v) is 11.5. The van der Waals surface area contributed by atoms with Crippen LogP contribution < -0.4 is 14.4 Å². The molecule has 10 heteroatoms. The second-order valence-electron chi connectivity index (χ2n) is 9.17. The van der Waals surface area contributed by atoms with Crippen LogP contribution in [0.2, 0.25) is 5.02 Å². The third-order valence-electron chi connectivity index (χ3n) is 6.38. The Balaban J connectivity index is 2.02. The maximum absolute atomic E-state index is 13.9. The van der Waals surface area contributed by atoms with Gasteiger partial charge in [-0.15, -0.1) is 0 Å². The van der Waals surface area contributed by atoms with E-state index in [0.717, 1.165) is 10.7 Å². The molecule has 2 atom stereocenters. The minimum Gasteiger partial charge on any atom is -0.497 e. The molecule has 0 aliphatic carbocycles. The molecule has 0 unspecified atom stereocenters. The van der Waals surface area contributed by atoms with E-state index in [4.69, 9.17) is 16.3 Å². The number of hydrogen-bond donors (Lipinski definition) is 1. The first kappa shape index (κ1) is 30.0. The average molecular weight is 572 g/mol. The van der Waals surface area contributed by atoms with E-state index in [2.05, 4.69) is 5.32 Å². The second kappa shape index (κ2) is 13.5. The van der Waals surface area contributed by atoms with Crippen LogP contribution in [0.3, 0.4) is 0 Å². The number of ether oxygens (including phenoxy) is 1. The van der Waals surface area contributed by atoms with Crippen LogP contribution in [-0.4, -0.2) is 50.9 Å². The number of carbonyl (C=O) groups excluding carboxylic acids is 2. The SMILES string of the molecule is CC[C@H](C)NC(=O)[C@@H](C)N(Cc1cccc(Cl)c1)C(=O)CN(c1ccc(OC)cc1)S(=O)(=O)c1ccccc1. The molecule has 208 valence electrons. The molecular weight excluding hydrogens is 538 g/mol. The zero-order valence-electron chi connectivity index (χ0n) is 22.5. The lowest BCUT2D eigenvalue weighted by molar-refractivity contribution is -0.139. The molecule has 0 aliphatic heterocycles. The van der Waals surface area contributed by atoms with E-state index in [1.165, 1.54) is 24.1 Å². The molecule has 8 nitrogen and oxygen atoms in total. The summed E-state index contributed by atoms with van der Waals surface area (Å²) in [6.07, 6.45) is 0.723. The van der Waals surface area contributed by atoms with Crippen molar-refractivity contribution < 1.29 is 22.7 Å². The Morgan fingerprint density at radius 2 is 1.64 bits per heavy atom. The third-order valence-corrected chi connectivity index (χ3v) is 8.40. The van der Waals surface area contributed by atoms with Crippen molar-refractivity contribution in [2.24, 2.45) is 0 Å². The fraction of sp³-hybridized carbons (Fsp3) is 0.310. The lowest BCUT2D eigenvalue weighted by atomic mass is 10.1. The van der Waals surface area contributed by atoms with Crippen LogP contribution in [0.4, 0.5) is 5.69 Å². The highest BCUT2D eigenvalue weighted by Gasteiger charge is 2.32. The summed E-state index contributed by atoms with van der Waals surface area (Å²) < 4.78 is 33.8. The van der Waals surface area contributed by atoms with Crippen molar-refractivity contribution in [3.05, 3.63) is 89.4 Å². The van der Waals surface area contributed by atoms with Crippen molar-refractivity contribution in [3.63, 3.8) is 0 Å². The molecule has 0 bridgehead atoms. The number of carbonyl (C=O) groups is 2. The number of halogens is 1. The number of nitrogens with one attached hydrogen (secondary N) is 1. The van der Waals surface area contributed by atoms with Crippen LogP contribution in [0.5, 0.6) is 5.75 Å². The Morgan fingerprint density at radius 3 is 2.23 bits per heavy atom. The fourth-order valence-corrected chi connectivity index (χ4v) is 5.53. The molecule has 0 radical (unpaired) electrons. The number of benzene rings is 3. The molecule has 0 heterocycles. The normalized spacial score (nSPS) is 12.7. The van der Waals surface area contributed by atoms with Gasteiger partial charge in [-0.25, -0.2) is 8.42 Å². The van der Waals surface area contributed by atoms with E-state index in [-0.39, 0.29) is 29.1 Å². The van der Waals surface area contributed by atoms with Gasteiger partial charge in [-0.3, -0.25) is 13.9 Å². The maximum atomic E-state index is 13.9. The van der Waals surface area contributed by atoms with Gasteiger partial charge in [0.1, 0.15) is 18.3 Å². The molecule has 2 amide bonds. The highest BCUT2D eigenvalue weighted by molar-refractivity contribution is 7.92. The van der Waals surface area contributed by atoms with Gasteiger partial charge in [0.15, 0.2) is 0 Å². The molecule has 0 fully saturated rings. The Bertz CT molecular complexity index is 1370. The number of hydrogen-bond acceptors (Lipinski definition) is 5. The van der Waals surface area contributed by atoms with E-state index >= 15 is 0 Å². The van der Waals surface area contributed by atoms with Crippen molar-refractivity contribution in [2.45, 2.75) is 50.7 Å². The molecule has 0 spiro atoms. The van der Waals surface area contributed by atoms with Crippen molar-refractivity contribution in [2.75, 3.05) is 18.0 Å². The van der Waals surface area contributed by atoms with Gasteiger partial charge in [0.25, 0.3) is 10.0 Å². The van der Waals surface area contributed by atoms with Crippen LogP contribution >= 0.6 is 11.6 Å². The van der Waals surface area contributed by atoms with Crippen molar-refractivity contribution in [3.8, 4) is 5.75 Å². The zero-order valence-corrected chi connectivity index (χ0v) is 24.1. The zero-order chi connectivity index (χ0) is 28.6. The molecule has 3 aromatic carbocycles. The number of sulfonamides is 1. The summed E-state index contributed by atoms with van der Waals surface area (Å²) in [4.78, 5) is 28.4. The molecule has 0 saturated heterocycles. The summed E-state index contributed by atoms with van der Waals surface area (Å²) in [6, 6.07) is 20.3. The van der Waals surface area contributed by atoms with Crippen LogP contribution in [0.15, 0.2) is 83.8 Å². The summed E-state index contributed by atoms with van der Waals surface area (Å²) in [5.41, 5.74) is 0.994. The van der Waals surface area contributed by atoms with Crippen LogP contribution in [0, 0.1) is 0 Å². The lowest BCUT2D eigenvalue weighted by Crippen LogP contribution is -2.52. The monoisotopic (exact) mass is 571 g/mol. The van der Waals surface area contributed by atoms with E-state index < -0.39 is 28.5 Å². The first-order valence-electron chi connectivity index (χ1n) is 12.6. The smallest absolute Gasteiger partial charge is 0.264 e. The predicted octanol–water partition coefficient (Wildman–Crippen LogP) is 4.88. The molecule has 0 aromatic heterocycles. The highest BCUT2D eigenvalue weighted by atomic mass is 35.5. The van der Waals surface area contributed by atoms with Crippen LogP contribution in [-0.2, 0) is 26.2 Å². The van der Waals surface area contributed by atoms with Gasteiger partial charge in [0, 0.05) is 17.6 Å². The number of anilines is 1. The van der Waals surface area contributed by atoms with Gasteiger partial charge in [0.05, 0.1) is 17.7 Å². The molecule has 0 aliphatic rings. The number of nitrogens with zero attached hydrogens (tertiary/aromatic N) is 2. The molecule has 39 heavy (non-hydrogen) atoms. The van der Waals surface area contributed by atoms with Crippen LogP contribution in [0.25, 0.3) is 0 Å². The van der Waals surface area contributed by atoms with Crippen LogP contribution in [0.1, 0.15) is 32.8 Å². The first-order valence-corrected chi connectivity index (χ1v) is 14.4. The molecular formula is C29H34ClN3O5S.